The zero-order valence-electron chi connectivity index (χ0n) is 15.0. The van der Waals surface area contributed by atoms with E-state index < -0.39 is 0 Å². The molecule has 2 amide bonds. The summed E-state index contributed by atoms with van der Waals surface area (Å²) >= 11 is 0. The number of nitrogens with zero attached hydrogens (tertiary/aromatic N) is 5. The molecule has 2 aromatic heterocycles. The van der Waals surface area contributed by atoms with Crippen LogP contribution in [-0.2, 0) is 23.2 Å². The van der Waals surface area contributed by atoms with Crippen LogP contribution in [0.5, 0.6) is 0 Å². The highest BCUT2D eigenvalue weighted by molar-refractivity contribution is 5.85. The molecule has 2 aromatic rings. The maximum absolute atomic E-state index is 13.2. The molecule has 3 heterocycles. The minimum Gasteiger partial charge on any atom is -0.364 e. The molecule has 26 heavy (non-hydrogen) atoms. The number of aryl methyl sites for hydroxylation is 1. The van der Waals surface area contributed by atoms with Crippen molar-refractivity contribution in [3.63, 3.8) is 0 Å². The summed E-state index contributed by atoms with van der Waals surface area (Å²) in [6.45, 7) is 0.390. The van der Waals surface area contributed by atoms with Gasteiger partial charge in [-0.2, -0.15) is 5.10 Å². The number of likely N-dealkylation sites (tertiary alicyclic amines) is 1. The molecule has 1 saturated carbocycles. The molecule has 1 aliphatic heterocycles. The van der Waals surface area contributed by atoms with Gasteiger partial charge < -0.3 is 14.3 Å². The van der Waals surface area contributed by atoms with E-state index in [9.17, 15) is 9.59 Å². The van der Waals surface area contributed by atoms with Crippen molar-refractivity contribution < 1.29 is 14.1 Å². The van der Waals surface area contributed by atoms with E-state index in [-0.39, 0.29) is 29.8 Å². The fourth-order valence-corrected chi connectivity index (χ4v) is 3.90. The fraction of sp³-hybridized carbons (Fsp3) is 0.556. The Balaban J connectivity index is 1.63. The zero-order chi connectivity index (χ0) is 18.3. The molecule has 0 spiro atoms. The number of hydrogen-bond acceptors (Lipinski definition) is 5. The normalized spacial score (nSPS) is 23.3. The van der Waals surface area contributed by atoms with Gasteiger partial charge in [0.2, 0.25) is 11.8 Å². The van der Waals surface area contributed by atoms with Crippen molar-refractivity contribution in [3.8, 4) is 0 Å². The number of carbonyl (C=O) groups is 2. The minimum atomic E-state index is -0.277. The Bertz CT molecular complexity index is 796. The summed E-state index contributed by atoms with van der Waals surface area (Å²) in [5.41, 5.74) is 1.63. The average Bonchev–Trinajstić information content (AvgIpc) is 3.16. The van der Waals surface area contributed by atoms with Gasteiger partial charge in [0.05, 0.1) is 24.2 Å². The summed E-state index contributed by atoms with van der Waals surface area (Å²) in [6.07, 6.45) is 6.21. The molecule has 4 rings (SSSR count). The topological polar surface area (TPSA) is 84.5 Å². The van der Waals surface area contributed by atoms with E-state index in [1.165, 1.54) is 6.26 Å². The Hall–Kier alpha value is -2.64. The van der Waals surface area contributed by atoms with Gasteiger partial charge in [0.25, 0.3) is 0 Å². The lowest BCUT2D eigenvalue weighted by molar-refractivity contribution is -0.148. The SMILES string of the molecule is CN(Cc1ccon1)C(=O)[C@H]1CCC(=O)N(C2CC2)[C@@H]1c1ccnn1C. The molecular weight excluding hydrogens is 334 g/mol. The lowest BCUT2D eigenvalue weighted by Crippen LogP contribution is -2.49. The third-order valence-electron chi connectivity index (χ3n) is 5.32. The first-order chi connectivity index (χ1) is 12.6. The number of rotatable bonds is 5. The van der Waals surface area contributed by atoms with Gasteiger partial charge in [0, 0.05) is 38.8 Å². The highest BCUT2D eigenvalue weighted by atomic mass is 16.5. The molecule has 2 atom stereocenters. The van der Waals surface area contributed by atoms with Crippen LogP contribution in [0.2, 0.25) is 0 Å². The van der Waals surface area contributed by atoms with Gasteiger partial charge in [0.15, 0.2) is 0 Å². The van der Waals surface area contributed by atoms with Gasteiger partial charge >= 0.3 is 0 Å². The smallest absolute Gasteiger partial charge is 0.228 e. The molecule has 2 aliphatic rings. The summed E-state index contributed by atoms with van der Waals surface area (Å²) < 4.78 is 6.63. The molecular formula is C18H23N5O3. The van der Waals surface area contributed by atoms with Crippen molar-refractivity contribution in [3.05, 3.63) is 36.0 Å². The lowest BCUT2D eigenvalue weighted by Gasteiger charge is -2.41. The van der Waals surface area contributed by atoms with Crippen molar-refractivity contribution in [1.29, 1.82) is 0 Å². The van der Waals surface area contributed by atoms with Gasteiger partial charge in [-0.3, -0.25) is 14.3 Å². The van der Waals surface area contributed by atoms with Crippen LogP contribution in [-0.4, -0.2) is 49.6 Å². The predicted molar refractivity (Wildman–Crippen MR) is 91.5 cm³/mol. The average molecular weight is 357 g/mol. The van der Waals surface area contributed by atoms with Gasteiger partial charge in [0.1, 0.15) is 12.0 Å². The summed E-state index contributed by atoms with van der Waals surface area (Å²) in [5, 5.41) is 8.15. The van der Waals surface area contributed by atoms with Crippen LogP contribution in [0.4, 0.5) is 0 Å². The number of aromatic nitrogens is 3. The maximum Gasteiger partial charge on any atom is 0.228 e. The van der Waals surface area contributed by atoms with Crippen LogP contribution >= 0.6 is 0 Å². The summed E-state index contributed by atoms with van der Waals surface area (Å²) in [6, 6.07) is 3.65. The molecule has 8 nitrogen and oxygen atoms in total. The largest absolute Gasteiger partial charge is 0.364 e. The number of piperidine rings is 1. The van der Waals surface area contributed by atoms with Crippen LogP contribution in [0.25, 0.3) is 0 Å². The summed E-state index contributed by atoms with van der Waals surface area (Å²) in [7, 11) is 3.63. The quantitative estimate of drug-likeness (QED) is 0.810. The van der Waals surface area contributed by atoms with Gasteiger partial charge in [-0.05, 0) is 25.3 Å². The standard InChI is InChI=1S/C18H23N5O3/c1-21(11-12-8-10-26-20-12)18(25)14-5-6-16(24)23(13-3-4-13)17(14)15-7-9-19-22(15)2/h7-10,13-14,17H,3-6,11H2,1-2H3/t14-,17-/m0/s1. The second-order valence-corrected chi connectivity index (χ2v) is 7.19. The fourth-order valence-electron chi connectivity index (χ4n) is 3.90. The van der Waals surface area contributed by atoms with Crippen molar-refractivity contribution in [2.75, 3.05) is 7.05 Å². The minimum absolute atomic E-state index is 0.0253. The van der Waals surface area contributed by atoms with E-state index in [1.807, 2.05) is 18.0 Å². The molecule has 0 unspecified atom stereocenters. The van der Waals surface area contributed by atoms with Crippen molar-refractivity contribution in [2.24, 2.45) is 13.0 Å². The van der Waals surface area contributed by atoms with Gasteiger partial charge in [-0.1, -0.05) is 5.16 Å². The lowest BCUT2D eigenvalue weighted by atomic mass is 9.85. The molecule has 2 fully saturated rings. The molecule has 0 N–H and O–H groups in total. The van der Waals surface area contributed by atoms with Crippen LogP contribution in [0.15, 0.2) is 29.1 Å². The molecule has 0 bridgehead atoms. The number of hydrogen-bond donors (Lipinski definition) is 0. The molecule has 1 aliphatic carbocycles. The Morgan fingerprint density at radius 1 is 1.35 bits per heavy atom. The molecule has 138 valence electrons. The third-order valence-corrected chi connectivity index (χ3v) is 5.32. The summed E-state index contributed by atoms with van der Waals surface area (Å²) in [5.74, 6) is -0.111. The third kappa shape index (κ3) is 3.00. The first-order valence-electron chi connectivity index (χ1n) is 8.99. The second-order valence-electron chi connectivity index (χ2n) is 7.19. The van der Waals surface area contributed by atoms with Crippen molar-refractivity contribution in [2.45, 2.75) is 44.3 Å². The first kappa shape index (κ1) is 16.8. The Morgan fingerprint density at radius 2 is 2.15 bits per heavy atom. The van der Waals surface area contributed by atoms with E-state index in [0.29, 0.717) is 25.1 Å². The van der Waals surface area contributed by atoms with Crippen LogP contribution in [0.3, 0.4) is 0 Å². The monoisotopic (exact) mass is 357 g/mol. The zero-order valence-corrected chi connectivity index (χ0v) is 15.0. The Kier molecular flexibility index (Phi) is 4.26. The highest BCUT2D eigenvalue weighted by Crippen LogP contribution is 2.43. The number of carbonyl (C=O) groups excluding carboxylic acids is 2. The van der Waals surface area contributed by atoms with Crippen molar-refractivity contribution in [1.82, 2.24) is 24.7 Å². The predicted octanol–water partition coefficient (Wildman–Crippen LogP) is 1.51. The Labute approximate surface area is 151 Å². The van der Waals surface area contributed by atoms with E-state index >= 15 is 0 Å². The number of amides is 2. The molecule has 0 radical (unpaired) electrons. The maximum atomic E-state index is 13.2. The molecule has 0 aromatic carbocycles. The highest BCUT2D eigenvalue weighted by Gasteiger charge is 2.48. The van der Waals surface area contributed by atoms with E-state index in [1.54, 1.807) is 28.9 Å². The molecule has 1 saturated heterocycles. The van der Waals surface area contributed by atoms with E-state index in [4.69, 9.17) is 4.52 Å². The van der Waals surface area contributed by atoms with Crippen molar-refractivity contribution >= 4 is 11.8 Å². The van der Waals surface area contributed by atoms with E-state index in [0.717, 1.165) is 18.5 Å². The second kappa shape index (κ2) is 6.59. The first-order valence-corrected chi connectivity index (χ1v) is 8.99. The van der Waals surface area contributed by atoms with Crippen LogP contribution < -0.4 is 0 Å². The van der Waals surface area contributed by atoms with Gasteiger partial charge in [-0.15, -0.1) is 0 Å². The molecule has 8 heteroatoms. The van der Waals surface area contributed by atoms with E-state index in [2.05, 4.69) is 10.3 Å². The van der Waals surface area contributed by atoms with Gasteiger partial charge in [-0.25, -0.2) is 0 Å². The summed E-state index contributed by atoms with van der Waals surface area (Å²) in [4.78, 5) is 29.5. The van der Waals surface area contributed by atoms with Crippen LogP contribution in [0, 0.1) is 5.92 Å². The van der Waals surface area contributed by atoms with Crippen LogP contribution in [0.1, 0.15) is 43.1 Å². The Morgan fingerprint density at radius 3 is 2.77 bits per heavy atom.